The van der Waals surface area contributed by atoms with E-state index in [-0.39, 0.29) is 5.91 Å². The van der Waals surface area contributed by atoms with Crippen LogP contribution in [0.4, 0.5) is 5.82 Å². The van der Waals surface area contributed by atoms with Crippen LogP contribution in [0.15, 0.2) is 77.7 Å². The zero-order valence-electron chi connectivity index (χ0n) is 15.2. The predicted octanol–water partition coefficient (Wildman–Crippen LogP) is 4.44. The lowest BCUT2D eigenvalue weighted by Gasteiger charge is -2.09. The van der Waals surface area contributed by atoms with Crippen LogP contribution in [0.1, 0.15) is 21.5 Å². The van der Waals surface area contributed by atoms with E-state index in [0.717, 1.165) is 21.3 Å². The Morgan fingerprint density at radius 1 is 1.07 bits per heavy atom. The van der Waals surface area contributed by atoms with Crippen LogP contribution in [0, 0.1) is 6.92 Å². The Morgan fingerprint density at radius 3 is 2.64 bits per heavy atom. The fraction of sp³-hybridized carbons (Fsp3) is 0.0952. The molecule has 0 fully saturated rings. The molecule has 0 atom stereocenters. The number of aromatic nitrogens is 4. The Hall–Kier alpha value is -3.19. The van der Waals surface area contributed by atoms with Gasteiger partial charge in [-0.05, 0) is 36.2 Å². The second-order valence-corrected chi connectivity index (χ2v) is 7.33. The third-order valence-corrected chi connectivity index (χ3v) is 4.94. The van der Waals surface area contributed by atoms with E-state index in [4.69, 9.17) is 0 Å². The first-order chi connectivity index (χ1) is 13.6. The van der Waals surface area contributed by atoms with Crippen molar-refractivity contribution in [2.45, 2.75) is 13.5 Å². The van der Waals surface area contributed by atoms with Gasteiger partial charge >= 0.3 is 0 Å². The number of amides is 1. The van der Waals surface area contributed by atoms with Crippen molar-refractivity contribution in [3.8, 4) is 5.69 Å². The summed E-state index contributed by atoms with van der Waals surface area (Å²) in [5.41, 5.74) is 3.61. The lowest BCUT2D eigenvalue weighted by Crippen LogP contribution is -2.15. The molecule has 2 heterocycles. The molecule has 2 aromatic carbocycles. The minimum atomic E-state index is -0.225. The molecule has 2 aromatic heterocycles. The predicted molar refractivity (Wildman–Crippen MR) is 112 cm³/mol. The standard InChI is InChI=1S/C21H18BrN5O/c1-15-4-2-3-5-19(15)26-14-17(12-24-26)21(28)25-20-10-11-23-27(20)13-16-6-8-18(22)9-7-16/h2-12,14H,13H2,1H3,(H,25,28). The zero-order chi connectivity index (χ0) is 19.5. The van der Waals surface area contributed by atoms with Crippen molar-refractivity contribution in [1.82, 2.24) is 19.6 Å². The number of rotatable bonds is 5. The molecule has 0 aliphatic heterocycles. The number of hydrogen-bond donors (Lipinski definition) is 1. The lowest BCUT2D eigenvalue weighted by molar-refractivity contribution is 0.102. The second kappa shape index (κ2) is 7.82. The van der Waals surface area contributed by atoms with Gasteiger partial charge in [-0.25, -0.2) is 9.36 Å². The van der Waals surface area contributed by atoms with Gasteiger partial charge in [0.1, 0.15) is 5.82 Å². The van der Waals surface area contributed by atoms with Gasteiger partial charge in [0.15, 0.2) is 0 Å². The summed E-state index contributed by atoms with van der Waals surface area (Å²) in [6, 6.07) is 17.7. The molecule has 6 nitrogen and oxygen atoms in total. The first-order valence-corrected chi connectivity index (χ1v) is 9.58. The normalized spacial score (nSPS) is 10.8. The van der Waals surface area contributed by atoms with Gasteiger partial charge in [-0.1, -0.05) is 46.3 Å². The molecular formula is C21H18BrN5O. The summed E-state index contributed by atoms with van der Waals surface area (Å²) in [7, 11) is 0. The molecule has 4 aromatic rings. The number of hydrogen-bond acceptors (Lipinski definition) is 3. The molecule has 0 aliphatic carbocycles. The Labute approximate surface area is 170 Å². The largest absolute Gasteiger partial charge is 0.307 e. The molecule has 140 valence electrons. The van der Waals surface area contributed by atoms with E-state index in [2.05, 4.69) is 31.4 Å². The molecule has 28 heavy (non-hydrogen) atoms. The monoisotopic (exact) mass is 435 g/mol. The van der Waals surface area contributed by atoms with Crippen molar-refractivity contribution in [2.24, 2.45) is 0 Å². The molecule has 0 unspecified atom stereocenters. The number of nitrogens with one attached hydrogen (secondary N) is 1. The minimum Gasteiger partial charge on any atom is -0.307 e. The molecule has 1 amide bonds. The first kappa shape index (κ1) is 18.2. The number of halogens is 1. The Balaban J connectivity index is 1.50. The van der Waals surface area contributed by atoms with E-state index >= 15 is 0 Å². The topological polar surface area (TPSA) is 64.7 Å². The average Bonchev–Trinajstić information content (AvgIpc) is 3.34. The second-order valence-electron chi connectivity index (χ2n) is 6.41. The molecule has 0 spiro atoms. The fourth-order valence-corrected chi connectivity index (χ4v) is 3.17. The maximum atomic E-state index is 12.7. The number of para-hydroxylation sites is 1. The third-order valence-electron chi connectivity index (χ3n) is 4.41. The van der Waals surface area contributed by atoms with Gasteiger partial charge in [-0.2, -0.15) is 10.2 Å². The van der Waals surface area contributed by atoms with Gasteiger partial charge in [-0.3, -0.25) is 4.79 Å². The van der Waals surface area contributed by atoms with Gasteiger partial charge in [0.05, 0.1) is 30.2 Å². The van der Waals surface area contributed by atoms with E-state index in [1.54, 1.807) is 34.0 Å². The molecule has 4 rings (SSSR count). The van der Waals surface area contributed by atoms with Gasteiger partial charge in [0, 0.05) is 16.7 Å². The lowest BCUT2D eigenvalue weighted by atomic mass is 10.2. The molecule has 1 N–H and O–H groups in total. The van der Waals surface area contributed by atoms with Crippen LogP contribution in [-0.2, 0) is 6.54 Å². The summed E-state index contributed by atoms with van der Waals surface area (Å²) in [6.45, 7) is 2.58. The summed E-state index contributed by atoms with van der Waals surface area (Å²) < 4.78 is 4.49. The van der Waals surface area contributed by atoms with Crippen molar-refractivity contribution < 1.29 is 4.79 Å². The Kier molecular flexibility index (Phi) is 5.08. The van der Waals surface area contributed by atoms with Crippen molar-refractivity contribution in [2.75, 3.05) is 5.32 Å². The average molecular weight is 436 g/mol. The first-order valence-electron chi connectivity index (χ1n) is 8.78. The van der Waals surface area contributed by atoms with Crippen LogP contribution in [0.25, 0.3) is 5.69 Å². The summed E-state index contributed by atoms with van der Waals surface area (Å²) in [5.74, 6) is 0.411. The number of carbonyl (C=O) groups excluding carboxylic acids is 1. The van der Waals surface area contributed by atoms with Gasteiger partial charge < -0.3 is 5.32 Å². The van der Waals surface area contributed by atoms with Crippen molar-refractivity contribution in [3.05, 3.63) is 94.4 Å². The highest BCUT2D eigenvalue weighted by molar-refractivity contribution is 9.10. The number of benzene rings is 2. The van der Waals surface area contributed by atoms with E-state index in [9.17, 15) is 4.79 Å². The molecule has 7 heteroatoms. The maximum absolute atomic E-state index is 12.7. The number of anilines is 1. The van der Waals surface area contributed by atoms with Crippen LogP contribution in [0.2, 0.25) is 0 Å². The maximum Gasteiger partial charge on any atom is 0.260 e. The van der Waals surface area contributed by atoms with Crippen LogP contribution in [0.5, 0.6) is 0 Å². The highest BCUT2D eigenvalue weighted by Gasteiger charge is 2.13. The van der Waals surface area contributed by atoms with Crippen molar-refractivity contribution in [1.29, 1.82) is 0 Å². The highest BCUT2D eigenvalue weighted by atomic mass is 79.9. The smallest absolute Gasteiger partial charge is 0.260 e. The van der Waals surface area contributed by atoms with Crippen LogP contribution < -0.4 is 5.32 Å². The van der Waals surface area contributed by atoms with E-state index < -0.39 is 0 Å². The molecule has 0 saturated carbocycles. The molecular weight excluding hydrogens is 418 g/mol. The van der Waals surface area contributed by atoms with Crippen LogP contribution in [-0.4, -0.2) is 25.5 Å². The highest BCUT2D eigenvalue weighted by Crippen LogP contribution is 2.16. The third kappa shape index (κ3) is 3.89. The Bertz CT molecular complexity index is 1110. The van der Waals surface area contributed by atoms with Gasteiger partial charge in [-0.15, -0.1) is 0 Å². The van der Waals surface area contributed by atoms with Crippen LogP contribution >= 0.6 is 15.9 Å². The van der Waals surface area contributed by atoms with E-state index in [1.807, 2.05) is 55.5 Å². The van der Waals surface area contributed by atoms with Gasteiger partial charge in [0.2, 0.25) is 0 Å². The zero-order valence-corrected chi connectivity index (χ0v) is 16.8. The summed E-state index contributed by atoms with van der Waals surface area (Å²) in [4.78, 5) is 12.7. The minimum absolute atomic E-state index is 0.225. The summed E-state index contributed by atoms with van der Waals surface area (Å²) in [5, 5.41) is 11.6. The van der Waals surface area contributed by atoms with E-state index in [0.29, 0.717) is 17.9 Å². The fourth-order valence-electron chi connectivity index (χ4n) is 2.91. The summed E-state index contributed by atoms with van der Waals surface area (Å²) >= 11 is 3.43. The SMILES string of the molecule is Cc1ccccc1-n1cc(C(=O)Nc2ccnn2Cc2ccc(Br)cc2)cn1. The number of aryl methyl sites for hydroxylation is 1. The van der Waals surface area contributed by atoms with E-state index in [1.165, 1.54) is 0 Å². The van der Waals surface area contributed by atoms with Crippen molar-refractivity contribution >= 4 is 27.7 Å². The molecule has 0 saturated heterocycles. The van der Waals surface area contributed by atoms with Crippen molar-refractivity contribution in [3.63, 3.8) is 0 Å². The number of carbonyl (C=O) groups is 1. The van der Waals surface area contributed by atoms with Crippen LogP contribution in [0.3, 0.4) is 0 Å². The van der Waals surface area contributed by atoms with Gasteiger partial charge in [0.25, 0.3) is 5.91 Å². The molecule has 0 bridgehead atoms. The molecule has 0 radical (unpaired) electrons. The summed E-state index contributed by atoms with van der Waals surface area (Å²) in [6.07, 6.45) is 4.97. The molecule has 0 aliphatic rings. The quantitative estimate of drug-likeness (QED) is 0.503. The Morgan fingerprint density at radius 2 is 1.86 bits per heavy atom. The number of nitrogens with zero attached hydrogens (tertiary/aromatic N) is 4.